The first kappa shape index (κ1) is 22.1. The predicted octanol–water partition coefficient (Wildman–Crippen LogP) is 3.43. The number of benzene rings is 1. The summed E-state index contributed by atoms with van der Waals surface area (Å²) in [4.78, 5) is 18.9. The summed E-state index contributed by atoms with van der Waals surface area (Å²) in [7, 11) is -3.41. The van der Waals surface area contributed by atoms with Gasteiger partial charge in [0.2, 0.25) is 10.0 Å². The third-order valence-corrected chi connectivity index (χ3v) is 7.24. The molecule has 1 N–H and O–H groups in total. The normalized spacial score (nSPS) is 15.4. The van der Waals surface area contributed by atoms with Gasteiger partial charge in [0.05, 0.1) is 11.3 Å². The summed E-state index contributed by atoms with van der Waals surface area (Å²) in [6.07, 6.45) is 5.13. The van der Waals surface area contributed by atoms with Crippen LogP contribution in [-0.2, 0) is 15.8 Å². The van der Waals surface area contributed by atoms with E-state index in [4.69, 9.17) is 11.6 Å². The van der Waals surface area contributed by atoms with Crippen LogP contribution in [-0.4, -0.2) is 50.1 Å². The Morgan fingerprint density at radius 1 is 1.24 bits per heavy atom. The number of halogens is 1. The van der Waals surface area contributed by atoms with Gasteiger partial charge < -0.3 is 4.90 Å². The first-order valence-electron chi connectivity index (χ1n) is 9.38. The van der Waals surface area contributed by atoms with E-state index in [-0.39, 0.29) is 17.6 Å². The number of rotatable bonds is 7. The van der Waals surface area contributed by atoms with Gasteiger partial charge in [-0.3, -0.25) is 4.79 Å². The van der Waals surface area contributed by atoms with Gasteiger partial charge in [0.1, 0.15) is 5.03 Å². The van der Waals surface area contributed by atoms with Gasteiger partial charge in [0, 0.05) is 30.9 Å². The molecule has 1 fully saturated rings. The molecule has 6 nitrogen and oxygen atoms in total. The molecule has 0 spiro atoms. The molecular formula is C20H24ClN3O3S2. The molecule has 29 heavy (non-hydrogen) atoms. The van der Waals surface area contributed by atoms with Crippen LogP contribution in [0.2, 0.25) is 5.02 Å². The third kappa shape index (κ3) is 6.18. The Bertz CT molecular complexity index is 944. The van der Waals surface area contributed by atoms with E-state index < -0.39 is 10.0 Å². The van der Waals surface area contributed by atoms with E-state index in [1.165, 1.54) is 11.8 Å². The molecule has 1 aromatic heterocycles. The Balaban J connectivity index is 1.49. The Kier molecular flexibility index (Phi) is 7.56. The summed E-state index contributed by atoms with van der Waals surface area (Å²) in [5.41, 5.74) is 1.32. The number of likely N-dealkylation sites (tertiary alicyclic amines) is 1. The highest BCUT2D eigenvalue weighted by Gasteiger charge is 2.26. The molecule has 2 heterocycles. The van der Waals surface area contributed by atoms with Crippen LogP contribution in [0.25, 0.3) is 0 Å². The predicted molar refractivity (Wildman–Crippen MR) is 117 cm³/mol. The number of carbonyl (C=O) groups excluding carboxylic acids is 1. The number of hydrogen-bond donors (Lipinski definition) is 1. The van der Waals surface area contributed by atoms with Crippen LogP contribution in [0.5, 0.6) is 0 Å². The van der Waals surface area contributed by atoms with E-state index in [9.17, 15) is 13.2 Å². The second-order valence-electron chi connectivity index (χ2n) is 7.03. The van der Waals surface area contributed by atoms with E-state index in [0.717, 1.165) is 17.9 Å². The Labute approximate surface area is 181 Å². The standard InChI is InChI=1S/C20H24ClN3O3S2/c1-28-19-18(3-2-10-22-19)20(25)24-11-8-15(9-12-24)13-23-29(26,27)14-16-4-6-17(21)7-5-16/h2-7,10,15,23H,8-9,11-14H2,1H3. The van der Waals surface area contributed by atoms with Crippen LogP contribution in [0.1, 0.15) is 28.8 Å². The molecule has 3 rings (SSSR count). The van der Waals surface area contributed by atoms with Crippen LogP contribution in [0.15, 0.2) is 47.6 Å². The van der Waals surface area contributed by atoms with Gasteiger partial charge in [-0.05, 0) is 54.8 Å². The molecule has 1 amide bonds. The number of pyridine rings is 1. The van der Waals surface area contributed by atoms with Gasteiger partial charge in [0.25, 0.3) is 5.91 Å². The minimum atomic E-state index is -3.41. The van der Waals surface area contributed by atoms with Crippen LogP contribution in [0, 0.1) is 5.92 Å². The summed E-state index contributed by atoms with van der Waals surface area (Å²) in [5.74, 6) is 0.136. The zero-order valence-corrected chi connectivity index (χ0v) is 18.6. The largest absolute Gasteiger partial charge is 0.339 e. The van der Waals surface area contributed by atoms with E-state index in [2.05, 4.69) is 9.71 Å². The molecular weight excluding hydrogens is 430 g/mol. The van der Waals surface area contributed by atoms with Crippen LogP contribution >= 0.6 is 23.4 Å². The van der Waals surface area contributed by atoms with Crippen LogP contribution in [0.4, 0.5) is 0 Å². The lowest BCUT2D eigenvalue weighted by Crippen LogP contribution is -2.41. The maximum atomic E-state index is 12.8. The smallest absolute Gasteiger partial charge is 0.256 e. The molecule has 0 unspecified atom stereocenters. The number of sulfonamides is 1. The SMILES string of the molecule is CSc1ncccc1C(=O)N1CCC(CNS(=O)(=O)Cc2ccc(Cl)cc2)CC1. The summed E-state index contributed by atoms with van der Waals surface area (Å²) in [5, 5.41) is 1.31. The van der Waals surface area contributed by atoms with Gasteiger partial charge in [-0.1, -0.05) is 23.7 Å². The first-order valence-corrected chi connectivity index (χ1v) is 12.6. The molecule has 0 radical (unpaired) electrons. The van der Waals surface area contributed by atoms with E-state index in [1.54, 1.807) is 42.6 Å². The third-order valence-electron chi connectivity index (χ3n) is 4.96. The maximum Gasteiger partial charge on any atom is 0.256 e. The number of amides is 1. The van der Waals surface area contributed by atoms with Crippen LogP contribution < -0.4 is 4.72 Å². The van der Waals surface area contributed by atoms with Crippen molar-refractivity contribution in [2.24, 2.45) is 5.92 Å². The lowest BCUT2D eigenvalue weighted by atomic mass is 9.97. The number of nitrogens with zero attached hydrogens (tertiary/aromatic N) is 2. The topological polar surface area (TPSA) is 79.4 Å². The van der Waals surface area contributed by atoms with Crippen molar-refractivity contribution in [2.45, 2.75) is 23.6 Å². The highest BCUT2D eigenvalue weighted by Crippen LogP contribution is 2.23. The summed E-state index contributed by atoms with van der Waals surface area (Å²) in [6, 6.07) is 10.4. The Hall–Kier alpha value is -1.61. The van der Waals surface area contributed by atoms with E-state index >= 15 is 0 Å². The fourth-order valence-electron chi connectivity index (χ4n) is 3.32. The van der Waals surface area contributed by atoms with E-state index in [0.29, 0.717) is 35.8 Å². The average molecular weight is 454 g/mol. The summed E-state index contributed by atoms with van der Waals surface area (Å²) >= 11 is 7.30. The fourth-order valence-corrected chi connectivity index (χ4v) is 5.21. The first-order chi connectivity index (χ1) is 13.9. The molecule has 0 atom stereocenters. The van der Waals surface area contributed by atoms with E-state index in [1.807, 2.05) is 11.2 Å². The van der Waals surface area contributed by atoms with Crippen molar-refractivity contribution in [1.82, 2.24) is 14.6 Å². The zero-order chi connectivity index (χ0) is 20.9. The fraction of sp³-hybridized carbons (Fsp3) is 0.400. The van der Waals surface area contributed by atoms with Gasteiger partial charge >= 0.3 is 0 Å². The monoisotopic (exact) mass is 453 g/mol. The Morgan fingerprint density at radius 2 is 1.93 bits per heavy atom. The lowest BCUT2D eigenvalue weighted by molar-refractivity contribution is 0.0687. The molecule has 1 aromatic carbocycles. The summed E-state index contributed by atoms with van der Waals surface area (Å²) < 4.78 is 27.4. The summed E-state index contributed by atoms with van der Waals surface area (Å²) in [6.45, 7) is 1.62. The number of aromatic nitrogens is 1. The Morgan fingerprint density at radius 3 is 2.59 bits per heavy atom. The minimum absolute atomic E-state index is 0.00998. The molecule has 1 saturated heterocycles. The van der Waals surface area contributed by atoms with Gasteiger partial charge in [-0.25, -0.2) is 18.1 Å². The van der Waals surface area contributed by atoms with Gasteiger partial charge in [-0.2, -0.15) is 0 Å². The molecule has 156 valence electrons. The number of hydrogen-bond acceptors (Lipinski definition) is 5. The second kappa shape index (κ2) is 9.93. The van der Waals surface area contributed by atoms with Crippen molar-refractivity contribution in [3.8, 4) is 0 Å². The van der Waals surface area contributed by atoms with Crippen molar-refractivity contribution in [2.75, 3.05) is 25.9 Å². The molecule has 1 aliphatic heterocycles. The molecule has 0 bridgehead atoms. The number of piperidine rings is 1. The number of nitrogens with one attached hydrogen (secondary N) is 1. The van der Waals surface area contributed by atoms with Gasteiger partial charge in [-0.15, -0.1) is 11.8 Å². The number of thioether (sulfide) groups is 1. The quantitative estimate of drug-likeness (QED) is 0.649. The van der Waals surface area contributed by atoms with Gasteiger partial charge in [0.15, 0.2) is 0 Å². The highest BCUT2D eigenvalue weighted by atomic mass is 35.5. The molecule has 2 aromatic rings. The van der Waals surface area contributed by atoms with Crippen molar-refractivity contribution < 1.29 is 13.2 Å². The van der Waals surface area contributed by atoms with Crippen molar-refractivity contribution in [3.63, 3.8) is 0 Å². The van der Waals surface area contributed by atoms with Crippen molar-refractivity contribution in [3.05, 3.63) is 58.7 Å². The zero-order valence-electron chi connectivity index (χ0n) is 16.2. The highest BCUT2D eigenvalue weighted by molar-refractivity contribution is 7.98. The van der Waals surface area contributed by atoms with Crippen LogP contribution in [0.3, 0.4) is 0 Å². The number of carbonyl (C=O) groups is 1. The minimum Gasteiger partial charge on any atom is -0.339 e. The van der Waals surface area contributed by atoms with Crippen molar-refractivity contribution in [1.29, 1.82) is 0 Å². The molecule has 1 aliphatic rings. The lowest BCUT2D eigenvalue weighted by Gasteiger charge is -2.32. The maximum absolute atomic E-state index is 12.8. The van der Waals surface area contributed by atoms with Crippen molar-refractivity contribution >= 4 is 39.3 Å². The molecule has 0 aliphatic carbocycles. The second-order valence-corrected chi connectivity index (χ2v) is 10.1. The molecule has 0 saturated carbocycles. The average Bonchev–Trinajstić information content (AvgIpc) is 2.73. The molecule has 9 heteroatoms.